The van der Waals surface area contributed by atoms with E-state index in [1.165, 1.54) is 43.2 Å². The molecule has 25 heavy (non-hydrogen) atoms. The Bertz CT molecular complexity index is 741. The molecule has 0 aromatic heterocycles. The largest absolute Gasteiger partial charge is 0.507 e. The maximum Gasteiger partial charge on any atom is 0.123 e. The lowest BCUT2D eigenvalue weighted by atomic mass is 9.96. The van der Waals surface area contributed by atoms with Crippen molar-refractivity contribution in [1.29, 1.82) is 0 Å². The summed E-state index contributed by atoms with van der Waals surface area (Å²) in [4.78, 5) is 4.80. The molecular weight excluding hydrogens is 322 g/mol. The van der Waals surface area contributed by atoms with Gasteiger partial charge in [0.2, 0.25) is 0 Å². The van der Waals surface area contributed by atoms with Gasteiger partial charge in [-0.25, -0.2) is 0 Å². The van der Waals surface area contributed by atoms with E-state index in [1.807, 2.05) is 12.3 Å². The Labute approximate surface area is 152 Å². The molecule has 2 aromatic rings. The zero-order chi connectivity index (χ0) is 17.9. The van der Waals surface area contributed by atoms with Gasteiger partial charge in [0.05, 0.1) is 8.07 Å². The number of hydrogen-bond donors (Lipinski definition) is 1. The highest BCUT2D eigenvalue weighted by Gasteiger charge is 2.23. The van der Waals surface area contributed by atoms with Crippen molar-refractivity contribution in [3.63, 3.8) is 0 Å². The monoisotopic (exact) mass is 351 g/mol. The first-order chi connectivity index (χ1) is 11.9. The second-order valence-corrected chi connectivity index (χ2v) is 13.2. The van der Waals surface area contributed by atoms with Gasteiger partial charge in [0, 0.05) is 17.8 Å². The SMILES string of the molecule is C[Si](C)(C)c1cc(-c2ccccc2)cc(C=NC2CCCCC2)c1O. The number of nitrogens with zero attached hydrogens (tertiary/aromatic N) is 1. The fourth-order valence-electron chi connectivity index (χ4n) is 3.54. The van der Waals surface area contributed by atoms with Crippen molar-refractivity contribution < 1.29 is 5.11 Å². The maximum atomic E-state index is 10.9. The zero-order valence-electron chi connectivity index (χ0n) is 15.6. The van der Waals surface area contributed by atoms with Crippen LogP contribution in [0.2, 0.25) is 19.6 Å². The predicted octanol–water partition coefficient (Wildman–Crippen LogP) is 5.36. The fourth-order valence-corrected chi connectivity index (χ4v) is 4.98. The minimum Gasteiger partial charge on any atom is -0.507 e. The normalized spacial score (nSPS) is 16.4. The molecule has 0 aliphatic heterocycles. The summed E-state index contributed by atoms with van der Waals surface area (Å²) in [5.41, 5.74) is 3.22. The van der Waals surface area contributed by atoms with Crippen LogP contribution in [-0.2, 0) is 0 Å². The molecule has 0 radical (unpaired) electrons. The molecule has 0 spiro atoms. The lowest BCUT2D eigenvalue weighted by molar-refractivity contribution is 0.444. The van der Waals surface area contributed by atoms with E-state index in [9.17, 15) is 5.11 Å². The van der Waals surface area contributed by atoms with Gasteiger partial charge in [-0.2, -0.15) is 0 Å². The van der Waals surface area contributed by atoms with E-state index in [0.29, 0.717) is 11.8 Å². The highest BCUT2D eigenvalue weighted by atomic mass is 28.3. The van der Waals surface area contributed by atoms with Gasteiger partial charge in [-0.1, -0.05) is 75.3 Å². The Morgan fingerprint density at radius 2 is 1.64 bits per heavy atom. The molecule has 0 bridgehead atoms. The van der Waals surface area contributed by atoms with Crippen molar-refractivity contribution in [3.8, 4) is 16.9 Å². The van der Waals surface area contributed by atoms with E-state index < -0.39 is 8.07 Å². The van der Waals surface area contributed by atoms with Gasteiger partial charge >= 0.3 is 0 Å². The zero-order valence-corrected chi connectivity index (χ0v) is 16.6. The summed E-state index contributed by atoms with van der Waals surface area (Å²) in [6, 6.07) is 15.1. The number of rotatable bonds is 4. The summed E-state index contributed by atoms with van der Waals surface area (Å²) in [6.07, 6.45) is 8.16. The van der Waals surface area contributed by atoms with E-state index in [-0.39, 0.29) is 0 Å². The van der Waals surface area contributed by atoms with Crippen molar-refractivity contribution in [3.05, 3.63) is 48.0 Å². The van der Waals surface area contributed by atoms with E-state index in [2.05, 4.69) is 56.0 Å². The Kier molecular flexibility index (Phi) is 5.43. The van der Waals surface area contributed by atoms with Gasteiger partial charge in [-0.3, -0.25) is 4.99 Å². The summed E-state index contributed by atoms with van der Waals surface area (Å²) in [5, 5.41) is 12.0. The van der Waals surface area contributed by atoms with E-state index in [1.54, 1.807) is 0 Å². The van der Waals surface area contributed by atoms with Gasteiger partial charge in [0.15, 0.2) is 0 Å². The molecular formula is C22H29NOSi. The molecule has 0 amide bonds. The first-order valence-electron chi connectivity index (χ1n) is 9.41. The molecule has 1 saturated carbocycles. The second-order valence-electron chi connectivity index (χ2n) is 8.15. The number of aromatic hydroxyl groups is 1. The lowest BCUT2D eigenvalue weighted by Crippen LogP contribution is -2.38. The molecule has 0 unspecified atom stereocenters. The van der Waals surface area contributed by atoms with Crippen molar-refractivity contribution >= 4 is 19.5 Å². The number of benzene rings is 2. The minimum absolute atomic E-state index is 0.420. The van der Waals surface area contributed by atoms with Gasteiger partial charge in [0.25, 0.3) is 0 Å². The Hall–Kier alpha value is -1.87. The third-order valence-corrected chi connectivity index (χ3v) is 7.05. The summed E-state index contributed by atoms with van der Waals surface area (Å²) >= 11 is 0. The number of hydrogen-bond acceptors (Lipinski definition) is 2. The summed E-state index contributed by atoms with van der Waals surface area (Å²) in [7, 11) is -1.65. The topological polar surface area (TPSA) is 32.6 Å². The molecule has 0 heterocycles. The van der Waals surface area contributed by atoms with Crippen LogP contribution in [0.4, 0.5) is 0 Å². The smallest absolute Gasteiger partial charge is 0.123 e. The van der Waals surface area contributed by atoms with Crippen LogP contribution in [0.5, 0.6) is 5.75 Å². The number of aliphatic imine (C=N–C) groups is 1. The molecule has 1 fully saturated rings. The Balaban J connectivity index is 2.02. The maximum absolute atomic E-state index is 10.9. The van der Waals surface area contributed by atoms with Crippen molar-refractivity contribution in [2.45, 2.75) is 57.8 Å². The summed E-state index contributed by atoms with van der Waals surface area (Å²) < 4.78 is 0. The number of phenolic OH excluding ortho intramolecular Hbond substituents is 1. The first kappa shape index (κ1) is 17.9. The molecule has 0 saturated heterocycles. The van der Waals surface area contributed by atoms with E-state index in [0.717, 1.165) is 10.8 Å². The Morgan fingerprint density at radius 3 is 2.28 bits per heavy atom. The fraction of sp³-hybridized carbons (Fsp3) is 0.409. The van der Waals surface area contributed by atoms with Crippen LogP contribution in [0.15, 0.2) is 47.5 Å². The molecule has 1 N–H and O–H groups in total. The van der Waals surface area contributed by atoms with Gasteiger partial charge in [-0.05, 0) is 35.2 Å². The van der Waals surface area contributed by atoms with Crippen LogP contribution in [0, 0.1) is 0 Å². The van der Waals surface area contributed by atoms with Crippen LogP contribution in [0.3, 0.4) is 0 Å². The third-order valence-electron chi connectivity index (χ3n) is 5.05. The third kappa shape index (κ3) is 4.40. The minimum atomic E-state index is -1.65. The highest BCUT2D eigenvalue weighted by molar-refractivity contribution is 6.89. The standard InChI is InChI=1S/C22H29NOSi/c1-25(2,3)21-15-18(17-10-6-4-7-11-17)14-19(22(21)24)16-23-20-12-8-5-9-13-20/h4,6-7,10-11,14-16,20,24H,5,8-9,12-13H2,1-3H3. The molecule has 3 rings (SSSR count). The first-order valence-corrected chi connectivity index (χ1v) is 12.9. The van der Waals surface area contributed by atoms with Crippen LogP contribution in [0.1, 0.15) is 37.7 Å². The lowest BCUT2D eigenvalue weighted by Gasteiger charge is -2.21. The molecule has 1 aliphatic rings. The molecule has 2 nitrogen and oxygen atoms in total. The molecule has 132 valence electrons. The molecule has 1 aliphatic carbocycles. The van der Waals surface area contributed by atoms with Gasteiger partial charge in [0.1, 0.15) is 5.75 Å². The van der Waals surface area contributed by atoms with Crippen molar-refractivity contribution in [1.82, 2.24) is 0 Å². The highest BCUT2D eigenvalue weighted by Crippen LogP contribution is 2.27. The van der Waals surface area contributed by atoms with E-state index >= 15 is 0 Å². The average Bonchev–Trinajstić information content (AvgIpc) is 2.61. The quantitative estimate of drug-likeness (QED) is 0.584. The van der Waals surface area contributed by atoms with Gasteiger partial charge < -0.3 is 5.11 Å². The average molecular weight is 352 g/mol. The molecule has 0 atom stereocenters. The van der Waals surface area contributed by atoms with Crippen LogP contribution in [-0.4, -0.2) is 25.4 Å². The van der Waals surface area contributed by atoms with Crippen molar-refractivity contribution in [2.75, 3.05) is 0 Å². The van der Waals surface area contributed by atoms with Gasteiger partial charge in [-0.15, -0.1) is 0 Å². The van der Waals surface area contributed by atoms with Crippen LogP contribution >= 0.6 is 0 Å². The second kappa shape index (κ2) is 7.57. The van der Waals surface area contributed by atoms with E-state index in [4.69, 9.17) is 4.99 Å². The van der Waals surface area contributed by atoms with Crippen LogP contribution < -0.4 is 5.19 Å². The Morgan fingerprint density at radius 1 is 0.960 bits per heavy atom. The summed E-state index contributed by atoms with van der Waals surface area (Å²) in [6.45, 7) is 6.83. The van der Waals surface area contributed by atoms with Crippen molar-refractivity contribution in [2.24, 2.45) is 4.99 Å². The summed E-state index contributed by atoms with van der Waals surface area (Å²) in [5.74, 6) is 0.429. The molecule has 2 aromatic carbocycles. The number of phenols is 1. The molecule has 3 heteroatoms. The predicted molar refractivity (Wildman–Crippen MR) is 111 cm³/mol. The van der Waals surface area contributed by atoms with Crippen LogP contribution in [0.25, 0.3) is 11.1 Å².